The average Bonchev–Trinajstić information content (AvgIpc) is 2.46. The second-order valence-electron chi connectivity index (χ2n) is 5.28. The van der Waals surface area contributed by atoms with E-state index < -0.39 is 0 Å². The van der Waals surface area contributed by atoms with Crippen LogP contribution in [0.5, 0.6) is 0 Å². The van der Waals surface area contributed by atoms with Gasteiger partial charge >= 0.3 is 0 Å². The van der Waals surface area contributed by atoms with Crippen LogP contribution in [0.2, 0.25) is 0 Å². The molecule has 0 spiro atoms. The Hall–Kier alpha value is -1.13. The van der Waals surface area contributed by atoms with Crippen LogP contribution in [-0.2, 0) is 6.54 Å². The summed E-state index contributed by atoms with van der Waals surface area (Å²) in [5.41, 5.74) is 0.0510. The van der Waals surface area contributed by atoms with Gasteiger partial charge in [0.15, 0.2) is 0 Å². The van der Waals surface area contributed by atoms with Crippen LogP contribution in [0.25, 0.3) is 0 Å². The zero-order valence-electron chi connectivity index (χ0n) is 11.5. The minimum atomic E-state index is 0.0510. The fourth-order valence-corrected chi connectivity index (χ4v) is 2.93. The summed E-state index contributed by atoms with van der Waals surface area (Å²) in [5, 5.41) is 9.21. The molecule has 1 aliphatic carbocycles. The van der Waals surface area contributed by atoms with Gasteiger partial charge in [-0.1, -0.05) is 25.3 Å². The normalized spacial score (nSPS) is 16.9. The summed E-state index contributed by atoms with van der Waals surface area (Å²) in [7, 11) is 0. The van der Waals surface area contributed by atoms with Gasteiger partial charge in [-0.15, -0.1) is 0 Å². The largest absolute Gasteiger partial charge is 0.395 e. The van der Waals surface area contributed by atoms with Crippen LogP contribution in [0.4, 0.5) is 0 Å². The third-order valence-corrected chi connectivity index (χ3v) is 4.01. The molecule has 0 unspecified atom stereocenters. The van der Waals surface area contributed by atoms with Crippen molar-refractivity contribution < 1.29 is 5.11 Å². The van der Waals surface area contributed by atoms with Gasteiger partial charge in [0.05, 0.1) is 6.61 Å². The lowest BCUT2D eigenvalue weighted by Gasteiger charge is -2.34. The maximum absolute atomic E-state index is 11.7. The van der Waals surface area contributed by atoms with Gasteiger partial charge in [0.25, 0.3) is 5.56 Å². The topological polar surface area (TPSA) is 45.5 Å². The van der Waals surface area contributed by atoms with E-state index in [-0.39, 0.29) is 12.2 Å². The van der Waals surface area contributed by atoms with Gasteiger partial charge in [-0.2, -0.15) is 0 Å². The lowest BCUT2D eigenvalue weighted by Crippen LogP contribution is -2.41. The number of aliphatic hydroxyl groups excluding tert-OH is 1. The molecule has 1 aromatic rings. The highest BCUT2D eigenvalue weighted by atomic mass is 16.3. The highest BCUT2D eigenvalue weighted by molar-refractivity contribution is 4.93. The second-order valence-corrected chi connectivity index (χ2v) is 5.28. The van der Waals surface area contributed by atoms with E-state index in [1.54, 1.807) is 16.7 Å². The van der Waals surface area contributed by atoms with Crippen molar-refractivity contribution in [2.75, 3.05) is 19.7 Å². The molecule has 1 aromatic heterocycles. The molecule has 106 valence electrons. The van der Waals surface area contributed by atoms with Crippen LogP contribution in [0.1, 0.15) is 32.1 Å². The van der Waals surface area contributed by atoms with Gasteiger partial charge in [-0.25, -0.2) is 0 Å². The molecule has 0 aliphatic heterocycles. The average molecular weight is 264 g/mol. The number of aromatic nitrogens is 1. The monoisotopic (exact) mass is 264 g/mol. The fraction of sp³-hybridized carbons (Fsp3) is 0.667. The standard InChI is InChI=1S/C15H24N2O2/c18-13-12-16(14-6-2-1-3-7-14)10-11-17-9-5-4-8-15(17)19/h4-5,8-9,14,18H,1-3,6-7,10-13H2. The quantitative estimate of drug-likeness (QED) is 0.846. The maximum atomic E-state index is 11.7. The molecule has 0 amide bonds. The predicted octanol–water partition coefficient (Wildman–Crippen LogP) is 1.48. The highest BCUT2D eigenvalue weighted by Gasteiger charge is 2.20. The number of rotatable bonds is 6. The number of hydrogen-bond acceptors (Lipinski definition) is 3. The van der Waals surface area contributed by atoms with Crippen molar-refractivity contribution in [3.8, 4) is 0 Å². The van der Waals surface area contributed by atoms with Gasteiger partial charge in [0.2, 0.25) is 0 Å². The van der Waals surface area contributed by atoms with E-state index in [9.17, 15) is 9.90 Å². The molecule has 2 rings (SSSR count). The van der Waals surface area contributed by atoms with Gasteiger partial charge in [-0.05, 0) is 18.9 Å². The van der Waals surface area contributed by atoms with Crippen molar-refractivity contribution in [3.05, 3.63) is 34.7 Å². The van der Waals surface area contributed by atoms with Gasteiger partial charge < -0.3 is 9.67 Å². The molecule has 0 aromatic carbocycles. The van der Waals surface area contributed by atoms with Crippen LogP contribution in [-0.4, -0.2) is 40.3 Å². The number of nitrogens with zero attached hydrogens (tertiary/aromatic N) is 2. The first-order valence-electron chi connectivity index (χ1n) is 7.31. The molecule has 1 N–H and O–H groups in total. The van der Waals surface area contributed by atoms with Crippen molar-refractivity contribution in [1.82, 2.24) is 9.47 Å². The molecule has 4 heteroatoms. The lowest BCUT2D eigenvalue weighted by molar-refractivity contribution is 0.119. The first-order valence-corrected chi connectivity index (χ1v) is 7.31. The lowest BCUT2D eigenvalue weighted by atomic mass is 9.94. The molecule has 4 nitrogen and oxygen atoms in total. The zero-order valence-corrected chi connectivity index (χ0v) is 11.5. The molecule has 0 atom stereocenters. The Labute approximate surface area is 114 Å². The summed E-state index contributed by atoms with van der Waals surface area (Å²) in [6.07, 6.45) is 8.20. The van der Waals surface area contributed by atoms with E-state index in [1.165, 1.54) is 32.1 Å². The van der Waals surface area contributed by atoms with E-state index in [4.69, 9.17) is 0 Å². The first kappa shape index (κ1) is 14.3. The van der Waals surface area contributed by atoms with E-state index in [2.05, 4.69) is 4.90 Å². The third-order valence-electron chi connectivity index (χ3n) is 4.01. The van der Waals surface area contributed by atoms with Crippen molar-refractivity contribution in [3.63, 3.8) is 0 Å². The van der Waals surface area contributed by atoms with Crippen molar-refractivity contribution >= 4 is 0 Å². The molecule has 1 fully saturated rings. The fourth-order valence-electron chi connectivity index (χ4n) is 2.93. The van der Waals surface area contributed by atoms with Gasteiger partial charge in [-0.3, -0.25) is 9.69 Å². The van der Waals surface area contributed by atoms with Crippen LogP contribution in [0, 0.1) is 0 Å². The minimum Gasteiger partial charge on any atom is -0.395 e. The molecule has 1 aliphatic rings. The number of hydrogen-bond donors (Lipinski definition) is 1. The molecule has 0 radical (unpaired) electrons. The SMILES string of the molecule is O=c1ccccn1CCN(CCO)C1CCCCC1. The Morgan fingerprint density at radius 3 is 2.68 bits per heavy atom. The summed E-state index contributed by atoms with van der Waals surface area (Å²) in [6.45, 7) is 2.46. The van der Waals surface area contributed by atoms with Crippen LogP contribution in [0.15, 0.2) is 29.2 Å². The Kier molecular flexibility index (Phi) is 5.61. The zero-order chi connectivity index (χ0) is 13.5. The Balaban J connectivity index is 1.93. The highest BCUT2D eigenvalue weighted by Crippen LogP contribution is 2.22. The molecule has 1 heterocycles. The summed E-state index contributed by atoms with van der Waals surface area (Å²) in [6, 6.07) is 5.83. The molecule has 1 saturated carbocycles. The van der Waals surface area contributed by atoms with E-state index in [0.29, 0.717) is 19.1 Å². The minimum absolute atomic E-state index is 0.0510. The third kappa shape index (κ3) is 4.18. The number of aliphatic hydroxyl groups is 1. The summed E-state index contributed by atoms with van der Waals surface area (Å²) < 4.78 is 1.74. The van der Waals surface area contributed by atoms with E-state index in [0.717, 1.165) is 6.54 Å². The number of pyridine rings is 1. The summed E-state index contributed by atoms with van der Waals surface area (Å²) >= 11 is 0. The van der Waals surface area contributed by atoms with Crippen molar-refractivity contribution in [1.29, 1.82) is 0 Å². The van der Waals surface area contributed by atoms with E-state index in [1.807, 2.05) is 12.3 Å². The first-order chi connectivity index (χ1) is 9.31. The summed E-state index contributed by atoms with van der Waals surface area (Å²) in [5.74, 6) is 0. The smallest absolute Gasteiger partial charge is 0.250 e. The summed E-state index contributed by atoms with van der Waals surface area (Å²) in [4.78, 5) is 14.0. The maximum Gasteiger partial charge on any atom is 0.250 e. The Morgan fingerprint density at radius 1 is 1.21 bits per heavy atom. The Morgan fingerprint density at radius 2 is 2.00 bits per heavy atom. The van der Waals surface area contributed by atoms with Gasteiger partial charge in [0, 0.05) is 37.9 Å². The van der Waals surface area contributed by atoms with Crippen molar-refractivity contribution in [2.45, 2.75) is 44.7 Å². The molecule has 0 saturated heterocycles. The second kappa shape index (κ2) is 7.46. The molecular weight excluding hydrogens is 240 g/mol. The molecular formula is C15H24N2O2. The van der Waals surface area contributed by atoms with Crippen molar-refractivity contribution in [2.24, 2.45) is 0 Å². The predicted molar refractivity (Wildman–Crippen MR) is 76.2 cm³/mol. The van der Waals surface area contributed by atoms with Crippen LogP contribution < -0.4 is 5.56 Å². The van der Waals surface area contributed by atoms with E-state index >= 15 is 0 Å². The van der Waals surface area contributed by atoms with Crippen LogP contribution in [0.3, 0.4) is 0 Å². The molecule has 19 heavy (non-hydrogen) atoms. The molecule has 0 bridgehead atoms. The Bertz CT molecular complexity index is 424. The van der Waals surface area contributed by atoms with Crippen LogP contribution >= 0.6 is 0 Å². The van der Waals surface area contributed by atoms with Gasteiger partial charge in [0.1, 0.15) is 0 Å².